The van der Waals surface area contributed by atoms with Crippen LogP contribution in [0.5, 0.6) is 0 Å². The van der Waals surface area contributed by atoms with Crippen LogP contribution in [0.25, 0.3) is 17.1 Å². The quantitative estimate of drug-likeness (QED) is 0.595. The number of aromatic nitrogens is 2. The molecule has 2 aliphatic carbocycles. The van der Waals surface area contributed by atoms with Gasteiger partial charge in [0, 0.05) is 17.9 Å². The van der Waals surface area contributed by atoms with E-state index in [0.29, 0.717) is 17.4 Å². The van der Waals surface area contributed by atoms with E-state index in [1.54, 1.807) is 6.92 Å². The molecule has 0 atom stereocenters. The Morgan fingerprint density at radius 1 is 1.04 bits per heavy atom. The number of nitrogens with zero attached hydrogens (tertiary/aromatic N) is 2. The molecule has 2 fully saturated rings. The van der Waals surface area contributed by atoms with Gasteiger partial charge >= 0.3 is 5.97 Å². The molecule has 0 amide bonds. The van der Waals surface area contributed by atoms with E-state index >= 15 is 0 Å². The molecule has 1 heterocycles. The molecule has 2 aliphatic rings. The number of hydrogen-bond donors (Lipinski definition) is 1. The Bertz CT molecular complexity index is 906. The number of carboxylic acids is 1. The monoisotopic (exact) mass is 348 g/mol. The Kier molecular flexibility index (Phi) is 4.58. The van der Waals surface area contributed by atoms with Crippen LogP contribution in [-0.2, 0) is 4.79 Å². The third-order valence-electron chi connectivity index (χ3n) is 5.62. The molecule has 1 aromatic heterocycles. The zero-order chi connectivity index (χ0) is 18.1. The van der Waals surface area contributed by atoms with Gasteiger partial charge in [0.25, 0.3) is 0 Å². The molecule has 1 aromatic carbocycles. The Balaban J connectivity index is 1.69. The minimum Gasteiger partial charge on any atom is -0.478 e. The van der Waals surface area contributed by atoms with Crippen LogP contribution >= 0.6 is 0 Å². The van der Waals surface area contributed by atoms with Gasteiger partial charge in [-0.1, -0.05) is 31.1 Å². The molecule has 0 aliphatic heterocycles. The second-order valence-corrected chi connectivity index (χ2v) is 7.56. The van der Waals surface area contributed by atoms with Gasteiger partial charge < -0.3 is 5.11 Å². The molecular weight excluding hydrogens is 324 g/mol. The van der Waals surface area contributed by atoms with Gasteiger partial charge in [-0.05, 0) is 55.9 Å². The van der Waals surface area contributed by atoms with Gasteiger partial charge in [0.05, 0.1) is 22.4 Å². The summed E-state index contributed by atoms with van der Waals surface area (Å²) < 4.78 is 0. The highest BCUT2D eigenvalue weighted by Gasteiger charge is 2.30. The summed E-state index contributed by atoms with van der Waals surface area (Å²) in [6, 6.07) is 6.11. The molecule has 0 radical (unpaired) electrons. The van der Waals surface area contributed by atoms with Crippen molar-refractivity contribution in [1.82, 2.24) is 9.97 Å². The first-order chi connectivity index (χ1) is 12.6. The molecule has 0 bridgehead atoms. The third kappa shape index (κ3) is 3.41. The van der Waals surface area contributed by atoms with E-state index in [-0.39, 0.29) is 0 Å². The van der Waals surface area contributed by atoms with Crippen LogP contribution in [0.4, 0.5) is 0 Å². The second kappa shape index (κ2) is 7.02. The van der Waals surface area contributed by atoms with Crippen LogP contribution in [0.15, 0.2) is 35.9 Å². The van der Waals surface area contributed by atoms with Crippen molar-refractivity contribution in [2.45, 2.75) is 57.3 Å². The number of rotatable bonds is 5. The fourth-order valence-corrected chi connectivity index (χ4v) is 3.64. The van der Waals surface area contributed by atoms with Gasteiger partial charge in [-0.2, -0.15) is 0 Å². The van der Waals surface area contributed by atoms with E-state index in [2.05, 4.69) is 6.07 Å². The van der Waals surface area contributed by atoms with E-state index in [9.17, 15) is 4.79 Å². The fraction of sp³-hybridized carbons (Fsp3) is 0.409. The molecule has 0 saturated heterocycles. The number of fused-ring (bicyclic) bond motifs is 1. The summed E-state index contributed by atoms with van der Waals surface area (Å²) in [6.45, 7) is 1.78. The highest BCUT2D eigenvalue weighted by Crippen LogP contribution is 2.43. The first-order valence-electron chi connectivity index (χ1n) is 9.51. The van der Waals surface area contributed by atoms with Gasteiger partial charge in [0.15, 0.2) is 0 Å². The molecule has 1 N–H and O–H groups in total. The van der Waals surface area contributed by atoms with Crippen LogP contribution in [0.3, 0.4) is 0 Å². The summed E-state index contributed by atoms with van der Waals surface area (Å²) in [4.78, 5) is 20.8. The van der Waals surface area contributed by atoms with Crippen molar-refractivity contribution < 1.29 is 9.90 Å². The van der Waals surface area contributed by atoms with E-state index in [1.807, 2.05) is 24.3 Å². The Hall–Kier alpha value is -2.49. The van der Waals surface area contributed by atoms with Gasteiger partial charge in [-0.3, -0.25) is 0 Å². The van der Waals surface area contributed by atoms with Crippen molar-refractivity contribution in [2.75, 3.05) is 0 Å². The van der Waals surface area contributed by atoms with Crippen LogP contribution in [0.1, 0.15) is 74.2 Å². The molecule has 4 nitrogen and oxygen atoms in total. The Labute approximate surface area is 153 Å². The minimum absolute atomic E-state index is 0.586. The average Bonchev–Trinajstić information content (AvgIpc) is 2.49. The van der Waals surface area contributed by atoms with Gasteiger partial charge in [-0.15, -0.1) is 0 Å². The van der Waals surface area contributed by atoms with Crippen molar-refractivity contribution in [3.05, 3.63) is 52.9 Å². The first kappa shape index (κ1) is 17.0. The highest BCUT2D eigenvalue weighted by molar-refractivity contribution is 5.82. The Morgan fingerprint density at radius 2 is 1.65 bits per heavy atom. The summed E-state index contributed by atoms with van der Waals surface area (Å²) in [6.07, 6.45) is 12.5. The first-order valence-corrected chi connectivity index (χ1v) is 9.51. The van der Waals surface area contributed by atoms with Crippen molar-refractivity contribution in [2.24, 2.45) is 0 Å². The minimum atomic E-state index is -0.926. The van der Waals surface area contributed by atoms with E-state index in [1.165, 1.54) is 56.0 Å². The number of allylic oxidation sites excluding steroid dienone is 2. The summed E-state index contributed by atoms with van der Waals surface area (Å²) in [5.41, 5.74) is 6.11. The lowest BCUT2D eigenvalue weighted by Crippen LogP contribution is -2.20. The predicted molar refractivity (Wildman–Crippen MR) is 103 cm³/mol. The largest absolute Gasteiger partial charge is 0.478 e. The van der Waals surface area contributed by atoms with Crippen LogP contribution in [0.2, 0.25) is 0 Å². The van der Waals surface area contributed by atoms with Gasteiger partial charge in [-0.25, -0.2) is 14.8 Å². The second-order valence-electron chi connectivity index (χ2n) is 7.56. The van der Waals surface area contributed by atoms with Crippen molar-refractivity contribution in [3.8, 4) is 0 Å². The SMILES string of the molecule is CC(/C=C/c1ccc2nc(C3CCC3)c(C3CCC3)nc2c1)=C\C(=O)O. The maximum atomic E-state index is 10.7. The molecule has 4 heteroatoms. The predicted octanol–water partition coefficient (Wildman–Crippen LogP) is 5.21. The maximum Gasteiger partial charge on any atom is 0.328 e. The van der Waals surface area contributed by atoms with Crippen LogP contribution < -0.4 is 0 Å². The third-order valence-corrected chi connectivity index (χ3v) is 5.62. The van der Waals surface area contributed by atoms with Crippen molar-refractivity contribution >= 4 is 23.1 Å². The summed E-state index contributed by atoms with van der Waals surface area (Å²) in [7, 11) is 0. The van der Waals surface area contributed by atoms with Crippen molar-refractivity contribution in [3.63, 3.8) is 0 Å². The van der Waals surface area contributed by atoms with E-state index in [0.717, 1.165) is 16.6 Å². The molecule has 2 aromatic rings. The maximum absolute atomic E-state index is 10.7. The van der Waals surface area contributed by atoms with Gasteiger partial charge in [0.1, 0.15) is 0 Å². The fourth-order valence-electron chi connectivity index (χ4n) is 3.64. The van der Waals surface area contributed by atoms with Crippen LogP contribution in [0, 0.1) is 0 Å². The average molecular weight is 348 g/mol. The standard InChI is InChI=1S/C22H24N2O2/c1-14(12-20(25)26)8-9-15-10-11-18-19(13-15)24-22(17-6-3-7-17)21(23-18)16-4-2-5-16/h8-13,16-17H,2-7H2,1H3,(H,25,26)/b9-8+,14-12+. The molecule has 26 heavy (non-hydrogen) atoms. The lowest BCUT2D eigenvalue weighted by Gasteiger charge is -2.32. The number of benzene rings is 1. The highest BCUT2D eigenvalue weighted by atomic mass is 16.4. The normalized spacial score (nSPS) is 18.9. The molecule has 0 spiro atoms. The number of carboxylic acid groups (broad SMARTS) is 1. The molecule has 134 valence electrons. The zero-order valence-corrected chi connectivity index (χ0v) is 15.1. The lowest BCUT2D eigenvalue weighted by atomic mass is 9.76. The van der Waals surface area contributed by atoms with E-state index in [4.69, 9.17) is 15.1 Å². The zero-order valence-electron chi connectivity index (χ0n) is 15.1. The Morgan fingerprint density at radius 3 is 2.19 bits per heavy atom. The molecule has 0 unspecified atom stereocenters. The van der Waals surface area contributed by atoms with Gasteiger partial charge in [0.2, 0.25) is 0 Å². The summed E-state index contributed by atoms with van der Waals surface area (Å²) in [5.74, 6) is 0.263. The number of aliphatic carboxylic acids is 1. The molecule has 4 rings (SSSR count). The summed E-state index contributed by atoms with van der Waals surface area (Å²) >= 11 is 0. The summed E-state index contributed by atoms with van der Waals surface area (Å²) in [5, 5.41) is 8.80. The van der Waals surface area contributed by atoms with Crippen LogP contribution in [-0.4, -0.2) is 21.0 Å². The smallest absolute Gasteiger partial charge is 0.328 e. The number of carbonyl (C=O) groups is 1. The number of hydrogen-bond acceptors (Lipinski definition) is 3. The lowest BCUT2D eigenvalue weighted by molar-refractivity contribution is -0.131. The topological polar surface area (TPSA) is 63.1 Å². The molecule has 2 saturated carbocycles. The van der Waals surface area contributed by atoms with Crippen molar-refractivity contribution in [1.29, 1.82) is 0 Å². The molecular formula is C22H24N2O2. The van der Waals surface area contributed by atoms with E-state index < -0.39 is 5.97 Å².